The molecule has 0 aliphatic heterocycles. The van der Waals surface area contributed by atoms with Crippen LogP contribution in [0.1, 0.15) is 21.7 Å². The minimum Gasteiger partial charge on any atom is -0.378 e. The van der Waals surface area contributed by atoms with Crippen LogP contribution in [0.2, 0.25) is 0 Å². The SMILES string of the molecule is O=C(NCc1ccccc1)c1cccc(NCc2ncc(-c3ccncc3)[nH]2)c1. The number of hydrogen-bond donors (Lipinski definition) is 3. The molecule has 0 aliphatic carbocycles. The molecule has 0 spiro atoms. The maximum absolute atomic E-state index is 12.4. The summed E-state index contributed by atoms with van der Waals surface area (Å²) in [6.07, 6.45) is 5.31. The number of imidazole rings is 1. The second-order valence-electron chi connectivity index (χ2n) is 6.58. The van der Waals surface area contributed by atoms with E-state index in [-0.39, 0.29) is 5.91 Å². The summed E-state index contributed by atoms with van der Waals surface area (Å²) < 4.78 is 0. The number of carbonyl (C=O) groups excluding carboxylic acids is 1. The standard InChI is InChI=1S/C23H21N5O/c29-23(27-14-17-5-2-1-3-6-17)19-7-4-8-20(13-19)25-16-22-26-15-21(28-22)18-9-11-24-12-10-18/h1-13,15,25H,14,16H2,(H,26,28)(H,27,29). The van der Waals surface area contributed by atoms with Gasteiger partial charge in [0.05, 0.1) is 18.4 Å². The number of benzene rings is 2. The van der Waals surface area contributed by atoms with Gasteiger partial charge in [0.2, 0.25) is 0 Å². The van der Waals surface area contributed by atoms with Gasteiger partial charge in [-0.05, 0) is 35.9 Å². The van der Waals surface area contributed by atoms with E-state index in [4.69, 9.17) is 0 Å². The minimum absolute atomic E-state index is 0.101. The first-order chi connectivity index (χ1) is 14.3. The third kappa shape index (κ3) is 4.87. The number of aromatic amines is 1. The summed E-state index contributed by atoms with van der Waals surface area (Å²) in [4.78, 5) is 24.2. The predicted molar refractivity (Wildman–Crippen MR) is 113 cm³/mol. The van der Waals surface area contributed by atoms with Gasteiger partial charge in [0.15, 0.2) is 0 Å². The van der Waals surface area contributed by atoms with Crippen molar-refractivity contribution in [1.82, 2.24) is 20.3 Å². The Bertz CT molecular complexity index is 1080. The van der Waals surface area contributed by atoms with Crippen LogP contribution in [-0.2, 0) is 13.1 Å². The second kappa shape index (κ2) is 8.84. The highest BCUT2D eigenvalue weighted by Gasteiger charge is 2.07. The van der Waals surface area contributed by atoms with Crippen molar-refractivity contribution < 1.29 is 4.79 Å². The monoisotopic (exact) mass is 383 g/mol. The van der Waals surface area contributed by atoms with Gasteiger partial charge in [-0.15, -0.1) is 0 Å². The van der Waals surface area contributed by atoms with Crippen LogP contribution >= 0.6 is 0 Å². The van der Waals surface area contributed by atoms with E-state index in [0.717, 1.165) is 28.3 Å². The van der Waals surface area contributed by atoms with E-state index in [0.29, 0.717) is 18.7 Å². The molecule has 3 N–H and O–H groups in total. The fourth-order valence-corrected chi connectivity index (χ4v) is 2.97. The predicted octanol–water partition coefficient (Wildman–Crippen LogP) is 4.01. The molecule has 4 aromatic rings. The van der Waals surface area contributed by atoms with E-state index in [1.54, 1.807) is 24.7 Å². The maximum atomic E-state index is 12.4. The Labute approximate surface area is 169 Å². The van der Waals surface area contributed by atoms with E-state index in [2.05, 4.69) is 25.6 Å². The summed E-state index contributed by atoms with van der Waals surface area (Å²) in [7, 11) is 0. The number of hydrogen-bond acceptors (Lipinski definition) is 4. The van der Waals surface area contributed by atoms with Crippen LogP contribution in [0.15, 0.2) is 85.3 Å². The highest BCUT2D eigenvalue weighted by atomic mass is 16.1. The minimum atomic E-state index is -0.101. The molecule has 29 heavy (non-hydrogen) atoms. The van der Waals surface area contributed by atoms with Crippen LogP contribution in [0, 0.1) is 0 Å². The molecule has 6 heteroatoms. The molecule has 2 heterocycles. The smallest absolute Gasteiger partial charge is 0.251 e. The lowest BCUT2D eigenvalue weighted by atomic mass is 10.1. The number of nitrogens with one attached hydrogen (secondary N) is 3. The van der Waals surface area contributed by atoms with Gasteiger partial charge in [0, 0.05) is 35.8 Å². The van der Waals surface area contributed by atoms with Crippen molar-refractivity contribution in [1.29, 1.82) is 0 Å². The van der Waals surface area contributed by atoms with Crippen molar-refractivity contribution in [2.75, 3.05) is 5.32 Å². The lowest BCUT2D eigenvalue weighted by Crippen LogP contribution is -2.22. The van der Waals surface area contributed by atoms with Gasteiger partial charge < -0.3 is 15.6 Å². The molecular weight excluding hydrogens is 362 g/mol. The molecule has 1 amide bonds. The van der Waals surface area contributed by atoms with E-state index >= 15 is 0 Å². The van der Waals surface area contributed by atoms with Crippen LogP contribution in [0.4, 0.5) is 5.69 Å². The average molecular weight is 383 g/mol. The van der Waals surface area contributed by atoms with Gasteiger partial charge in [0.25, 0.3) is 5.91 Å². The fourth-order valence-electron chi connectivity index (χ4n) is 2.97. The maximum Gasteiger partial charge on any atom is 0.251 e. The molecule has 0 unspecified atom stereocenters. The number of H-pyrrole nitrogens is 1. The van der Waals surface area contributed by atoms with Crippen molar-refractivity contribution in [2.24, 2.45) is 0 Å². The summed E-state index contributed by atoms with van der Waals surface area (Å²) in [5, 5.41) is 6.26. The molecule has 2 aromatic carbocycles. The Kier molecular flexibility index (Phi) is 5.62. The number of aromatic nitrogens is 3. The third-order valence-corrected chi connectivity index (χ3v) is 4.50. The van der Waals surface area contributed by atoms with Gasteiger partial charge in [-0.25, -0.2) is 4.98 Å². The quantitative estimate of drug-likeness (QED) is 0.450. The lowest BCUT2D eigenvalue weighted by Gasteiger charge is -2.08. The zero-order valence-corrected chi connectivity index (χ0v) is 15.8. The van der Waals surface area contributed by atoms with Gasteiger partial charge >= 0.3 is 0 Å². The number of carbonyl (C=O) groups is 1. The topological polar surface area (TPSA) is 82.7 Å². The number of amides is 1. The molecule has 0 bridgehead atoms. The third-order valence-electron chi connectivity index (χ3n) is 4.50. The Morgan fingerprint density at radius 2 is 1.76 bits per heavy atom. The Hall–Kier alpha value is -3.93. The molecule has 144 valence electrons. The van der Waals surface area contributed by atoms with Gasteiger partial charge in [-0.3, -0.25) is 9.78 Å². The highest BCUT2D eigenvalue weighted by Crippen LogP contribution is 2.16. The Balaban J connectivity index is 1.35. The van der Waals surface area contributed by atoms with Crippen LogP contribution in [0.3, 0.4) is 0 Å². The fraction of sp³-hybridized carbons (Fsp3) is 0.0870. The average Bonchev–Trinajstić information content (AvgIpc) is 3.27. The summed E-state index contributed by atoms with van der Waals surface area (Å²) in [6, 6.07) is 21.2. The zero-order valence-electron chi connectivity index (χ0n) is 15.8. The molecule has 0 fully saturated rings. The Morgan fingerprint density at radius 1 is 0.931 bits per heavy atom. The normalized spacial score (nSPS) is 10.5. The molecular formula is C23H21N5O. The van der Waals surface area contributed by atoms with Crippen molar-refractivity contribution in [3.63, 3.8) is 0 Å². The zero-order chi connectivity index (χ0) is 19.9. The number of rotatable bonds is 7. The molecule has 2 aromatic heterocycles. The highest BCUT2D eigenvalue weighted by molar-refractivity contribution is 5.95. The number of anilines is 1. The van der Waals surface area contributed by atoms with Crippen molar-refractivity contribution in [3.05, 3.63) is 102 Å². The van der Waals surface area contributed by atoms with Crippen LogP contribution < -0.4 is 10.6 Å². The van der Waals surface area contributed by atoms with Crippen LogP contribution in [0.5, 0.6) is 0 Å². The molecule has 4 rings (SSSR count). The van der Waals surface area contributed by atoms with Gasteiger partial charge in [-0.1, -0.05) is 36.4 Å². The molecule has 0 saturated carbocycles. The first-order valence-corrected chi connectivity index (χ1v) is 9.38. The summed E-state index contributed by atoms with van der Waals surface area (Å²) in [5.74, 6) is 0.714. The summed E-state index contributed by atoms with van der Waals surface area (Å²) in [6.45, 7) is 1.03. The largest absolute Gasteiger partial charge is 0.378 e. The molecule has 6 nitrogen and oxygen atoms in total. The van der Waals surface area contributed by atoms with E-state index in [1.807, 2.05) is 60.7 Å². The van der Waals surface area contributed by atoms with Crippen molar-refractivity contribution >= 4 is 11.6 Å². The van der Waals surface area contributed by atoms with Crippen molar-refractivity contribution in [3.8, 4) is 11.3 Å². The molecule has 0 aliphatic rings. The van der Waals surface area contributed by atoms with Crippen LogP contribution in [0.25, 0.3) is 11.3 Å². The van der Waals surface area contributed by atoms with E-state index in [9.17, 15) is 4.79 Å². The van der Waals surface area contributed by atoms with E-state index in [1.165, 1.54) is 0 Å². The molecule has 0 radical (unpaired) electrons. The summed E-state index contributed by atoms with van der Waals surface area (Å²) in [5.41, 5.74) is 4.52. The second-order valence-corrected chi connectivity index (χ2v) is 6.58. The first kappa shape index (κ1) is 18.4. The summed E-state index contributed by atoms with van der Waals surface area (Å²) >= 11 is 0. The van der Waals surface area contributed by atoms with E-state index < -0.39 is 0 Å². The molecule has 0 saturated heterocycles. The Morgan fingerprint density at radius 3 is 2.59 bits per heavy atom. The van der Waals surface area contributed by atoms with Gasteiger partial charge in [0.1, 0.15) is 5.82 Å². The number of pyridine rings is 1. The van der Waals surface area contributed by atoms with Crippen LogP contribution in [-0.4, -0.2) is 20.9 Å². The van der Waals surface area contributed by atoms with Crippen molar-refractivity contribution in [2.45, 2.75) is 13.1 Å². The molecule has 0 atom stereocenters. The lowest BCUT2D eigenvalue weighted by molar-refractivity contribution is 0.0951. The van der Waals surface area contributed by atoms with Gasteiger partial charge in [-0.2, -0.15) is 0 Å². The number of nitrogens with zero attached hydrogens (tertiary/aromatic N) is 2. The first-order valence-electron chi connectivity index (χ1n) is 9.38.